The van der Waals surface area contributed by atoms with Gasteiger partial charge in [0.05, 0.1) is 20.9 Å². The van der Waals surface area contributed by atoms with E-state index in [0.29, 0.717) is 17.3 Å². The van der Waals surface area contributed by atoms with Crippen LogP contribution in [-0.4, -0.2) is 22.4 Å². The van der Waals surface area contributed by atoms with Crippen molar-refractivity contribution in [1.29, 1.82) is 0 Å². The largest absolute Gasteiger partial charge is 0.349 e. The molecule has 0 saturated heterocycles. The molecule has 0 aliphatic carbocycles. The van der Waals surface area contributed by atoms with E-state index in [2.05, 4.69) is 9.97 Å². The van der Waals surface area contributed by atoms with Crippen LogP contribution in [0.15, 0.2) is 29.9 Å². The lowest BCUT2D eigenvalue weighted by molar-refractivity contribution is 0.0985. The third-order valence-electron chi connectivity index (χ3n) is 3.56. The minimum atomic E-state index is -0.0191. The van der Waals surface area contributed by atoms with Crippen LogP contribution in [0.3, 0.4) is 0 Å². The summed E-state index contributed by atoms with van der Waals surface area (Å²) in [5.74, 6) is -0.0191. The Morgan fingerprint density at radius 2 is 2.40 bits per heavy atom. The normalized spacial score (nSPS) is 13.9. The van der Waals surface area contributed by atoms with Crippen molar-refractivity contribution in [2.24, 2.45) is 0 Å². The molecule has 3 aromatic rings. The van der Waals surface area contributed by atoms with Gasteiger partial charge < -0.3 is 9.88 Å². The number of pyridine rings is 1. The number of carbonyl (C=O) groups excluding carboxylic acids is 1. The fourth-order valence-electron chi connectivity index (χ4n) is 2.58. The lowest BCUT2D eigenvalue weighted by Crippen LogP contribution is -2.29. The Bertz CT molecular complexity index is 823. The molecule has 0 atom stereocenters. The second kappa shape index (κ2) is 4.33. The molecule has 100 valence electrons. The average Bonchev–Trinajstić information content (AvgIpc) is 3.14. The third kappa shape index (κ3) is 1.67. The highest BCUT2D eigenvalue weighted by Crippen LogP contribution is 2.32. The fourth-order valence-corrected chi connectivity index (χ4v) is 3.73. The quantitative estimate of drug-likeness (QED) is 0.748. The molecule has 4 heterocycles. The van der Waals surface area contributed by atoms with Crippen molar-refractivity contribution in [3.05, 3.63) is 46.2 Å². The molecule has 4 nitrogen and oxygen atoms in total. The number of amides is 1. The Labute approximate surface area is 124 Å². The number of thiophene rings is 1. The van der Waals surface area contributed by atoms with Crippen LogP contribution < -0.4 is 4.90 Å². The molecule has 0 spiro atoms. The van der Waals surface area contributed by atoms with Crippen molar-refractivity contribution >= 4 is 44.7 Å². The summed E-state index contributed by atoms with van der Waals surface area (Å²) >= 11 is 7.61. The first-order valence-electron chi connectivity index (χ1n) is 6.24. The minimum absolute atomic E-state index is 0.0191. The smallest absolute Gasteiger partial charge is 0.274 e. The van der Waals surface area contributed by atoms with Gasteiger partial charge in [-0.2, -0.15) is 0 Å². The molecular weight excluding hydrogens is 294 g/mol. The molecule has 3 aromatic heterocycles. The predicted octanol–water partition coefficient (Wildman–Crippen LogP) is 3.48. The Kier molecular flexibility index (Phi) is 2.58. The molecule has 1 N–H and O–H groups in total. The number of carbonyl (C=O) groups is 1. The summed E-state index contributed by atoms with van der Waals surface area (Å²) in [5, 5.41) is 2.53. The number of aromatic amines is 1. The summed E-state index contributed by atoms with van der Waals surface area (Å²) in [6.45, 7) is 0.695. The van der Waals surface area contributed by atoms with E-state index >= 15 is 0 Å². The van der Waals surface area contributed by atoms with Gasteiger partial charge in [0.1, 0.15) is 5.69 Å². The predicted molar refractivity (Wildman–Crippen MR) is 80.8 cm³/mol. The highest BCUT2D eigenvalue weighted by atomic mass is 35.5. The number of H-pyrrole nitrogens is 1. The zero-order valence-corrected chi connectivity index (χ0v) is 12.0. The molecule has 0 saturated carbocycles. The third-order valence-corrected chi connectivity index (χ3v) is 4.92. The lowest BCUT2D eigenvalue weighted by Gasteiger charge is -2.15. The second-order valence-electron chi connectivity index (χ2n) is 4.72. The van der Waals surface area contributed by atoms with Gasteiger partial charge >= 0.3 is 0 Å². The van der Waals surface area contributed by atoms with E-state index < -0.39 is 0 Å². The van der Waals surface area contributed by atoms with E-state index in [0.717, 1.165) is 27.9 Å². The van der Waals surface area contributed by atoms with Crippen molar-refractivity contribution in [1.82, 2.24) is 9.97 Å². The van der Waals surface area contributed by atoms with Crippen LogP contribution in [0.4, 0.5) is 5.69 Å². The second-order valence-corrected chi connectivity index (χ2v) is 6.04. The molecular formula is C14H10ClN3OS. The molecule has 0 fully saturated rings. The summed E-state index contributed by atoms with van der Waals surface area (Å²) in [6.07, 6.45) is 4.39. The van der Waals surface area contributed by atoms with Crippen LogP contribution in [0.1, 0.15) is 16.1 Å². The number of nitrogens with zero attached hydrogens (tertiary/aromatic N) is 2. The first kappa shape index (κ1) is 11.9. The molecule has 1 aliphatic rings. The number of nitrogens with one attached hydrogen (secondary N) is 1. The van der Waals surface area contributed by atoms with Crippen LogP contribution in [0.2, 0.25) is 5.02 Å². The number of fused-ring (bicyclic) bond motifs is 2. The van der Waals surface area contributed by atoms with Gasteiger partial charge in [-0.1, -0.05) is 11.6 Å². The van der Waals surface area contributed by atoms with Gasteiger partial charge in [-0.3, -0.25) is 9.78 Å². The van der Waals surface area contributed by atoms with Crippen LogP contribution in [0.5, 0.6) is 0 Å². The Balaban J connectivity index is 1.74. The Hall–Kier alpha value is -1.85. The molecule has 0 radical (unpaired) electrons. The van der Waals surface area contributed by atoms with Crippen LogP contribution >= 0.6 is 22.9 Å². The monoisotopic (exact) mass is 303 g/mol. The van der Waals surface area contributed by atoms with Gasteiger partial charge in [-0.05, 0) is 24.1 Å². The summed E-state index contributed by atoms with van der Waals surface area (Å²) in [4.78, 5) is 21.6. The number of anilines is 1. The van der Waals surface area contributed by atoms with Gasteiger partial charge in [0, 0.05) is 24.3 Å². The van der Waals surface area contributed by atoms with Crippen LogP contribution in [0, 0.1) is 0 Å². The standard InChI is InChI=1S/C14H10ClN3OS/c15-9-7-20-12-5-10(17-13(9)12)14(19)18-4-2-8-6-16-3-1-11(8)18/h1,3,5-7,17H,2,4H2. The van der Waals surface area contributed by atoms with Crippen molar-refractivity contribution < 1.29 is 4.79 Å². The maximum absolute atomic E-state index is 12.6. The number of halogens is 1. The molecule has 1 aliphatic heterocycles. The van der Waals surface area contributed by atoms with E-state index in [1.165, 1.54) is 11.3 Å². The van der Waals surface area contributed by atoms with E-state index in [1.54, 1.807) is 11.1 Å². The first-order valence-corrected chi connectivity index (χ1v) is 7.50. The molecule has 20 heavy (non-hydrogen) atoms. The number of rotatable bonds is 1. The van der Waals surface area contributed by atoms with Crippen LogP contribution in [-0.2, 0) is 6.42 Å². The molecule has 6 heteroatoms. The van der Waals surface area contributed by atoms with Crippen molar-refractivity contribution in [2.45, 2.75) is 6.42 Å². The van der Waals surface area contributed by atoms with E-state index in [-0.39, 0.29) is 5.91 Å². The van der Waals surface area contributed by atoms with Crippen molar-refractivity contribution in [3.8, 4) is 0 Å². The summed E-state index contributed by atoms with van der Waals surface area (Å²) in [7, 11) is 0. The zero-order chi connectivity index (χ0) is 13.7. The summed E-state index contributed by atoms with van der Waals surface area (Å²) in [5.41, 5.74) is 3.49. The SMILES string of the molecule is O=C(c1cc2scc(Cl)c2[nH]1)N1CCc2cnccc21. The van der Waals surface area contributed by atoms with Gasteiger partial charge in [-0.25, -0.2) is 0 Å². The van der Waals surface area contributed by atoms with E-state index in [1.807, 2.05) is 23.7 Å². The maximum Gasteiger partial charge on any atom is 0.274 e. The first-order chi connectivity index (χ1) is 9.74. The van der Waals surface area contributed by atoms with Gasteiger partial charge in [0.25, 0.3) is 5.91 Å². The zero-order valence-electron chi connectivity index (χ0n) is 10.4. The summed E-state index contributed by atoms with van der Waals surface area (Å²) < 4.78 is 1.01. The van der Waals surface area contributed by atoms with Gasteiger partial charge in [0.15, 0.2) is 0 Å². The molecule has 1 amide bonds. The van der Waals surface area contributed by atoms with E-state index in [9.17, 15) is 4.79 Å². The maximum atomic E-state index is 12.6. The van der Waals surface area contributed by atoms with Crippen molar-refractivity contribution in [2.75, 3.05) is 11.4 Å². The fraction of sp³-hybridized carbons (Fsp3) is 0.143. The average molecular weight is 304 g/mol. The Morgan fingerprint density at radius 1 is 1.50 bits per heavy atom. The molecule has 0 unspecified atom stereocenters. The highest BCUT2D eigenvalue weighted by Gasteiger charge is 2.26. The lowest BCUT2D eigenvalue weighted by atomic mass is 10.2. The molecule has 0 aromatic carbocycles. The number of aromatic nitrogens is 2. The molecule has 0 bridgehead atoms. The molecule has 4 rings (SSSR count). The number of hydrogen-bond donors (Lipinski definition) is 1. The van der Waals surface area contributed by atoms with Crippen molar-refractivity contribution in [3.63, 3.8) is 0 Å². The topological polar surface area (TPSA) is 49.0 Å². The Morgan fingerprint density at radius 3 is 3.25 bits per heavy atom. The minimum Gasteiger partial charge on any atom is -0.349 e. The van der Waals surface area contributed by atoms with E-state index in [4.69, 9.17) is 11.6 Å². The van der Waals surface area contributed by atoms with Crippen LogP contribution in [0.25, 0.3) is 10.2 Å². The van der Waals surface area contributed by atoms with Gasteiger partial charge in [0.2, 0.25) is 0 Å². The number of hydrogen-bond acceptors (Lipinski definition) is 3. The van der Waals surface area contributed by atoms with Gasteiger partial charge in [-0.15, -0.1) is 11.3 Å². The summed E-state index contributed by atoms with van der Waals surface area (Å²) in [6, 6.07) is 3.76. The highest BCUT2D eigenvalue weighted by molar-refractivity contribution is 7.17.